The SMILES string of the molecule is CN(C)C(=O)[S-].NC(=O)[S-].[K+].[K+]. The molecule has 0 aliphatic rings. The van der Waals surface area contributed by atoms with E-state index >= 15 is 0 Å². The third kappa shape index (κ3) is 38.8. The molecule has 4 nitrogen and oxygen atoms in total. The van der Waals surface area contributed by atoms with Crippen molar-refractivity contribution in [3.05, 3.63) is 0 Å². The van der Waals surface area contributed by atoms with E-state index in [1.165, 1.54) is 4.90 Å². The molecule has 0 saturated heterocycles. The van der Waals surface area contributed by atoms with E-state index in [-0.39, 0.29) is 108 Å². The third-order valence-corrected chi connectivity index (χ3v) is 0.730. The zero-order valence-electron chi connectivity index (χ0n) is 7.66. The Morgan fingerprint density at radius 1 is 1.17 bits per heavy atom. The molecular formula is C4H8K2N2O2S2. The summed E-state index contributed by atoms with van der Waals surface area (Å²) in [5, 5.41) is -1.07. The molecule has 0 aromatic carbocycles. The Kier molecular flexibility index (Phi) is 32.3. The summed E-state index contributed by atoms with van der Waals surface area (Å²) in [6.07, 6.45) is 0. The minimum absolute atomic E-state index is 0. The number of hydrogen-bond donors (Lipinski definition) is 1. The van der Waals surface area contributed by atoms with Gasteiger partial charge in [-0.25, -0.2) is 0 Å². The van der Waals surface area contributed by atoms with Crippen molar-refractivity contribution in [1.82, 2.24) is 4.90 Å². The predicted octanol–water partition coefficient (Wildman–Crippen LogP) is -6.17. The monoisotopic (exact) mass is 258 g/mol. The molecule has 0 bridgehead atoms. The summed E-state index contributed by atoms with van der Waals surface area (Å²) < 4.78 is 0. The van der Waals surface area contributed by atoms with Crippen molar-refractivity contribution < 1.29 is 112 Å². The Morgan fingerprint density at radius 2 is 1.25 bits per heavy atom. The molecule has 8 heteroatoms. The summed E-state index contributed by atoms with van der Waals surface area (Å²) in [6.45, 7) is 0. The molecule has 0 aromatic heterocycles. The van der Waals surface area contributed by atoms with Crippen LogP contribution in [0, 0.1) is 0 Å². The second-order valence-electron chi connectivity index (χ2n) is 1.48. The first-order valence-electron chi connectivity index (χ1n) is 2.22. The van der Waals surface area contributed by atoms with Gasteiger partial charge in [-0.15, -0.1) is 0 Å². The number of rotatable bonds is 0. The molecule has 0 heterocycles. The number of nitrogens with zero attached hydrogens (tertiary/aromatic N) is 1. The standard InChI is InChI=1S/C3H7NOS.CH3NOS.2K/c1-4(2)3(5)6;2-1(3)4;;/h1-2H3,(H,5,6);(H3,2,3,4);;/q;;2*+1/p-2. The second kappa shape index (κ2) is 16.1. The van der Waals surface area contributed by atoms with E-state index in [2.05, 4.69) is 31.0 Å². The van der Waals surface area contributed by atoms with Crippen LogP contribution in [0.15, 0.2) is 0 Å². The van der Waals surface area contributed by atoms with Gasteiger partial charge in [0.2, 0.25) is 0 Å². The first-order valence-corrected chi connectivity index (χ1v) is 3.04. The summed E-state index contributed by atoms with van der Waals surface area (Å²) in [5.41, 5.74) is 4.29. The maximum absolute atomic E-state index is 9.88. The summed E-state index contributed by atoms with van der Waals surface area (Å²) in [5.74, 6) is 0. The number of hydrogen-bond acceptors (Lipinski definition) is 4. The van der Waals surface area contributed by atoms with Gasteiger partial charge in [-0.2, -0.15) is 0 Å². The number of carbonyl (C=O) groups is 2. The van der Waals surface area contributed by atoms with Crippen molar-refractivity contribution in [2.45, 2.75) is 0 Å². The minimum atomic E-state index is -0.750. The maximum atomic E-state index is 9.88. The fourth-order valence-corrected chi connectivity index (χ4v) is 0. The Hall–Kier alpha value is 2.65. The van der Waals surface area contributed by atoms with Crippen LogP contribution in [0.1, 0.15) is 0 Å². The smallest absolute Gasteiger partial charge is 0.719 e. The average molecular weight is 258 g/mol. The van der Waals surface area contributed by atoms with Gasteiger partial charge in [0.1, 0.15) is 5.24 Å². The molecule has 2 amide bonds. The molecule has 2 N–H and O–H groups in total. The molecule has 0 spiro atoms. The van der Waals surface area contributed by atoms with Crippen LogP contribution in [0.3, 0.4) is 0 Å². The van der Waals surface area contributed by atoms with Crippen LogP contribution in [-0.2, 0) is 25.3 Å². The minimum Gasteiger partial charge on any atom is -0.719 e. The molecule has 0 aromatic rings. The van der Waals surface area contributed by atoms with Crippen LogP contribution < -0.4 is 109 Å². The number of carbonyl (C=O) groups excluding carboxylic acids is 2. The van der Waals surface area contributed by atoms with E-state index in [0.29, 0.717) is 0 Å². The van der Waals surface area contributed by atoms with Gasteiger partial charge in [0, 0.05) is 14.1 Å². The van der Waals surface area contributed by atoms with Gasteiger partial charge in [-0.3, -0.25) is 0 Å². The van der Waals surface area contributed by atoms with E-state index in [0.717, 1.165) is 0 Å². The van der Waals surface area contributed by atoms with Gasteiger partial charge in [-0.05, 0) is 0 Å². The first-order chi connectivity index (χ1) is 4.37. The van der Waals surface area contributed by atoms with Crippen molar-refractivity contribution in [3.8, 4) is 0 Å². The maximum Gasteiger partial charge on any atom is 1.00 e. The molecule has 0 radical (unpaired) electrons. The Labute approximate surface area is 168 Å². The topological polar surface area (TPSA) is 63.4 Å². The van der Waals surface area contributed by atoms with E-state index in [9.17, 15) is 4.79 Å². The molecule has 12 heavy (non-hydrogen) atoms. The van der Waals surface area contributed by atoms with Gasteiger partial charge in [0.25, 0.3) is 0 Å². The van der Waals surface area contributed by atoms with Crippen LogP contribution in [0.2, 0.25) is 0 Å². The summed E-state index contributed by atoms with van der Waals surface area (Å²) in [6, 6.07) is 0. The molecule has 0 rings (SSSR count). The first kappa shape index (κ1) is 24.1. The molecule has 0 aliphatic heterocycles. The van der Waals surface area contributed by atoms with Crippen molar-refractivity contribution >= 4 is 35.7 Å². The Balaban J connectivity index is -0.0000000483. The predicted molar refractivity (Wildman–Crippen MR) is 43.4 cm³/mol. The quantitative estimate of drug-likeness (QED) is 0.347. The van der Waals surface area contributed by atoms with Crippen molar-refractivity contribution in [2.24, 2.45) is 5.73 Å². The van der Waals surface area contributed by atoms with E-state index < -0.39 is 5.24 Å². The fraction of sp³-hybridized carbons (Fsp3) is 0.500. The average Bonchev–Trinajstić information content (AvgIpc) is 1.63. The number of amides is 2. The third-order valence-electron chi connectivity index (χ3n) is 0.365. The van der Waals surface area contributed by atoms with Crippen LogP contribution in [0.25, 0.3) is 0 Å². The molecule has 0 saturated carbocycles. The van der Waals surface area contributed by atoms with Gasteiger partial charge in [-0.1, -0.05) is 0 Å². The molecule has 0 fully saturated rings. The zero-order valence-corrected chi connectivity index (χ0v) is 15.5. The van der Waals surface area contributed by atoms with E-state index in [1.54, 1.807) is 14.1 Å². The van der Waals surface area contributed by atoms with Gasteiger partial charge in [0.15, 0.2) is 0 Å². The van der Waals surface area contributed by atoms with E-state index in [4.69, 9.17) is 4.79 Å². The molecular weight excluding hydrogens is 250 g/mol. The second-order valence-corrected chi connectivity index (χ2v) is 2.23. The van der Waals surface area contributed by atoms with Gasteiger partial charge < -0.3 is 45.5 Å². The van der Waals surface area contributed by atoms with Crippen LogP contribution in [0.5, 0.6) is 0 Å². The zero-order chi connectivity index (χ0) is 8.73. The summed E-state index contributed by atoms with van der Waals surface area (Å²) >= 11 is 7.95. The molecule has 0 unspecified atom stereocenters. The van der Waals surface area contributed by atoms with Crippen LogP contribution in [-0.4, -0.2) is 29.5 Å². The number of primary amides is 1. The molecule has 60 valence electrons. The number of nitrogens with two attached hydrogens (primary N) is 1. The largest absolute Gasteiger partial charge is 1.00 e. The summed E-state index contributed by atoms with van der Waals surface area (Å²) in [7, 11) is 3.24. The van der Waals surface area contributed by atoms with Crippen LogP contribution in [0.4, 0.5) is 9.59 Å². The van der Waals surface area contributed by atoms with Crippen molar-refractivity contribution in [2.75, 3.05) is 14.1 Å². The van der Waals surface area contributed by atoms with Crippen LogP contribution >= 0.6 is 0 Å². The normalized spacial score (nSPS) is 5.83. The Morgan fingerprint density at radius 3 is 1.25 bits per heavy atom. The van der Waals surface area contributed by atoms with Crippen molar-refractivity contribution in [3.63, 3.8) is 0 Å². The fourth-order valence-electron chi connectivity index (χ4n) is 0. The summed E-state index contributed by atoms with van der Waals surface area (Å²) in [4.78, 5) is 20.3. The Bertz CT molecular complexity index is 130. The van der Waals surface area contributed by atoms with Crippen molar-refractivity contribution in [1.29, 1.82) is 0 Å². The molecule has 0 atom stereocenters. The van der Waals surface area contributed by atoms with Gasteiger partial charge in [0.05, 0.1) is 5.24 Å². The molecule has 0 aliphatic carbocycles. The van der Waals surface area contributed by atoms with Gasteiger partial charge >= 0.3 is 103 Å². The van der Waals surface area contributed by atoms with E-state index in [1.807, 2.05) is 0 Å².